The predicted octanol–water partition coefficient (Wildman–Crippen LogP) is 1.75. The average Bonchev–Trinajstić information content (AvgIpc) is 2.17. The zero-order chi connectivity index (χ0) is 10.6. The third kappa shape index (κ3) is 2.07. The van der Waals surface area contributed by atoms with E-state index in [1.807, 2.05) is 6.07 Å². The quantitative estimate of drug-likeness (QED) is 0.571. The molecule has 3 nitrogen and oxygen atoms in total. The van der Waals surface area contributed by atoms with E-state index in [4.69, 9.17) is 11.0 Å². The number of nitrogens with zero attached hydrogens (tertiary/aromatic N) is 2. The van der Waals surface area contributed by atoms with Gasteiger partial charge in [0.25, 0.3) is 0 Å². The lowest BCUT2D eigenvalue weighted by Crippen LogP contribution is -1.98. The summed E-state index contributed by atoms with van der Waals surface area (Å²) in [5.41, 5.74) is 5.84. The van der Waals surface area contributed by atoms with Gasteiger partial charge < -0.3 is 5.73 Å². The Morgan fingerprint density at radius 2 is 2.36 bits per heavy atom. The fourth-order valence-corrected chi connectivity index (χ4v) is 1.14. The van der Waals surface area contributed by atoms with Crippen molar-refractivity contribution in [1.82, 2.24) is 0 Å². The third-order valence-corrected chi connectivity index (χ3v) is 1.89. The van der Waals surface area contributed by atoms with Gasteiger partial charge in [-0.15, -0.1) is 0 Å². The van der Waals surface area contributed by atoms with Gasteiger partial charge in [0.1, 0.15) is 5.82 Å². The van der Waals surface area contributed by atoms with Crippen molar-refractivity contribution in [3.63, 3.8) is 0 Å². The van der Waals surface area contributed by atoms with E-state index in [1.165, 1.54) is 6.07 Å². The number of rotatable bonds is 2. The largest absolute Gasteiger partial charge is 0.390 e. The highest BCUT2D eigenvalue weighted by molar-refractivity contribution is 5.52. The van der Waals surface area contributed by atoms with Crippen LogP contribution in [0.3, 0.4) is 0 Å². The number of benzene rings is 1. The molecule has 0 bridgehead atoms. The Morgan fingerprint density at radius 1 is 1.64 bits per heavy atom. The van der Waals surface area contributed by atoms with Gasteiger partial charge in [-0.3, -0.25) is 4.99 Å². The third-order valence-electron chi connectivity index (χ3n) is 1.89. The summed E-state index contributed by atoms with van der Waals surface area (Å²) in [7, 11) is 0. The first kappa shape index (κ1) is 10.2. The molecule has 0 saturated carbocycles. The van der Waals surface area contributed by atoms with Crippen molar-refractivity contribution in [1.29, 1.82) is 5.26 Å². The summed E-state index contributed by atoms with van der Waals surface area (Å²) >= 11 is 0. The second-order valence-corrected chi connectivity index (χ2v) is 2.82. The van der Waals surface area contributed by atoms with E-state index in [9.17, 15) is 4.39 Å². The molecule has 4 heteroatoms. The summed E-state index contributed by atoms with van der Waals surface area (Å²) in [5, 5.41) is 8.53. The minimum atomic E-state index is -0.429. The number of halogens is 1. The topological polar surface area (TPSA) is 62.2 Å². The molecular formula is C10H10FN3. The maximum Gasteiger partial charge on any atom is 0.129 e. The average molecular weight is 191 g/mol. The van der Waals surface area contributed by atoms with Crippen LogP contribution in [0.1, 0.15) is 24.1 Å². The van der Waals surface area contributed by atoms with E-state index in [0.717, 1.165) is 6.34 Å². The van der Waals surface area contributed by atoms with Gasteiger partial charge in [-0.25, -0.2) is 4.39 Å². The fourth-order valence-electron chi connectivity index (χ4n) is 1.14. The van der Waals surface area contributed by atoms with Crippen LogP contribution in [0.2, 0.25) is 0 Å². The Bertz CT molecular complexity index is 393. The van der Waals surface area contributed by atoms with Gasteiger partial charge in [0.2, 0.25) is 0 Å². The molecule has 0 saturated heterocycles. The monoisotopic (exact) mass is 191 g/mol. The van der Waals surface area contributed by atoms with Crippen molar-refractivity contribution in [3.8, 4) is 6.07 Å². The van der Waals surface area contributed by atoms with Gasteiger partial charge in [0.05, 0.1) is 24.0 Å². The van der Waals surface area contributed by atoms with Crippen LogP contribution in [0.15, 0.2) is 23.2 Å². The first-order chi connectivity index (χ1) is 6.69. The van der Waals surface area contributed by atoms with E-state index in [-0.39, 0.29) is 6.04 Å². The Morgan fingerprint density at radius 3 is 2.86 bits per heavy atom. The lowest BCUT2D eigenvalue weighted by molar-refractivity contribution is 0.594. The molecule has 1 rings (SSSR count). The first-order valence-electron chi connectivity index (χ1n) is 4.12. The Labute approximate surface area is 81.7 Å². The molecule has 0 heterocycles. The van der Waals surface area contributed by atoms with Crippen molar-refractivity contribution in [2.24, 2.45) is 10.7 Å². The van der Waals surface area contributed by atoms with Crippen molar-refractivity contribution in [3.05, 3.63) is 35.1 Å². The van der Waals surface area contributed by atoms with Gasteiger partial charge in [-0.05, 0) is 19.1 Å². The smallest absolute Gasteiger partial charge is 0.129 e. The molecule has 1 aromatic rings. The molecule has 0 aliphatic rings. The van der Waals surface area contributed by atoms with Gasteiger partial charge in [-0.1, -0.05) is 6.07 Å². The van der Waals surface area contributed by atoms with Crippen LogP contribution in [-0.4, -0.2) is 6.34 Å². The molecule has 0 aromatic heterocycles. The van der Waals surface area contributed by atoms with Crippen molar-refractivity contribution in [2.75, 3.05) is 0 Å². The van der Waals surface area contributed by atoms with Crippen LogP contribution in [0.4, 0.5) is 4.39 Å². The molecule has 72 valence electrons. The second-order valence-electron chi connectivity index (χ2n) is 2.82. The number of nitriles is 1. The molecule has 0 amide bonds. The highest BCUT2D eigenvalue weighted by Crippen LogP contribution is 2.20. The molecule has 0 aliphatic heterocycles. The SMILES string of the molecule is CC(N=CN)c1ccc(C#N)cc1F. The summed E-state index contributed by atoms with van der Waals surface area (Å²) in [4.78, 5) is 3.84. The van der Waals surface area contributed by atoms with Crippen LogP contribution in [0.25, 0.3) is 0 Å². The number of hydrogen-bond acceptors (Lipinski definition) is 2. The molecule has 1 atom stereocenters. The van der Waals surface area contributed by atoms with Gasteiger partial charge in [-0.2, -0.15) is 5.26 Å². The maximum absolute atomic E-state index is 13.3. The highest BCUT2D eigenvalue weighted by Gasteiger charge is 2.09. The number of hydrogen-bond donors (Lipinski definition) is 1. The van der Waals surface area contributed by atoms with Crippen molar-refractivity contribution < 1.29 is 4.39 Å². The molecule has 0 radical (unpaired) electrons. The minimum Gasteiger partial charge on any atom is -0.390 e. The zero-order valence-electron chi connectivity index (χ0n) is 7.74. The zero-order valence-corrected chi connectivity index (χ0v) is 7.74. The van der Waals surface area contributed by atoms with Crippen LogP contribution < -0.4 is 5.73 Å². The second kappa shape index (κ2) is 4.38. The van der Waals surface area contributed by atoms with Crippen LogP contribution in [0.5, 0.6) is 0 Å². The molecular weight excluding hydrogens is 181 g/mol. The summed E-state index contributed by atoms with van der Waals surface area (Å²) in [6.45, 7) is 1.73. The summed E-state index contributed by atoms with van der Waals surface area (Å²) in [5.74, 6) is -0.429. The first-order valence-corrected chi connectivity index (χ1v) is 4.12. The molecule has 14 heavy (non-hydrogen) atoms. The normalized spacial score (nSPS) is 12.6. The van der Waals surface area contributed by atoms with Crippen LogP contribution in [-0.2, 0) is 0 Å². The molecule has 0 fully saturated rings. The summed E-state index contributed by atoms with van der Waals surface area (Å²) in [6, 6.07) is 5.83. The van der Waals surface area contributed by atoms with E-state index >= 15 is 0 Å². The van der Waals surface area contributed by atoms with E-state index < -0.39 is 5.82 Å². The lowest BCUT2D eigenvalue weighted by atomic mass is 10.1. The summed E-state index contributed by atoms with van der Waals surface area (Å²) < 4.78 is 13.3. The fraction of sp³-hybridized carbons (Fsp3) is 0.200. The number of nitrogens with two attached hydrogens (primary N) is 1. The number of aliphatic imine (C=N–C) groups is 1. The van der Waals surface area contributed by atoms with Crippen molar-refractivity contribution >= 4 is 6.34 Å². The lowest BCUT2D eigenvalue weighted by Gasteiger charge is -2.07. The Kier molecular flexibility index (Phi) is 3.19. The minimum absolute atomic E-state index is 0.301. The molecule has 1 unspecified atom stereocenters. The van der Waals surface area contributed by atoms with Gasteiger partial charge >= 0.3 is 0 Å². The molecule has 2 N–H and O–H groups in total. The van der Waals surface area contributed by atoms with E-state index in [0.29, 0.717) is 11.1 Å². The Hall–Kier alpha value is -1.89. The molecule has 1 aromatic carbocycles. The van der Waals surface area contributed by atoms with E-state index in [1.54, 1.807) is 19.1 Å². The predicted molar refractivity (Wildman–Crippen MR) is 52.2 cm³/mol. The standard InChI is InChI=1S/C10H10FN3/c1-7(14-6-13)9-3-2-8(5-12)4-10(9)11/h2-4,6-7H,1H3,(H2,13,14). The van der Waals surface area contributed by atoms with Gasteiger partial charge in [0.15, 0.2) is 0 Å². The Balaban J connectivity index is 3.07. The van der Waals surface area contributed by atoms with Gasteiger partial charge in [0, 0.05) is 5.56 Å². The molecule has 0 aliphatic carbocycles. The maximum atomic E-state index is 13.3. The van der Waals surface area contributed by atoms with Crippen LogP contribution >= 0.6 is 0 Å². The van der Waals surface area contributed by atoms with E-state index in [2.05, 4.69) is 4.99 Å². The molecule has 0 spiro atoms. The van der Waals surface area contributed by atoms with Crippen molar-refractivity contribution in [2.45, 2.75) is 13.0 Å². The summed E-state index contributed by atoms with van der Waals surface area (Å²) in [6.07, 6.45) is 1.14. The van der Waals surface area contributed by atoms with Crippen LogP contribution in [0, 0.1) is 17.1 Å². The highest BCUT2D eigenvalue weighted by atomic mass is 19.1.